The van der Waals surface area contributed by atoms with E-state index < -0.39 is 17.4 Å². The van der Waals surface area contributed by atoms with Crippen LogP contribution in [0.4, 0.5) is 13.2 Å². The SMILES string of the molecule is O=c1cc(CN2CCCCC2)[nH]c2c(-c3cccs3)c(C(F)(F)F)nn12. The molecular formula is C17H17F3N4OS. The summed E-state index contributed by atoms with van der Waals surface area (Å²) in [5.74, 6) is 0. The van der Waals surface area contributed by atoms with Gasteiger partial charge in [0, 0.05) is 23.2 Å². The molecule has 0 spiro atoms. The molecule has 3 aromatic heterocycles. The Balaban J connectivity index is 1.86. The first-order chi connectivity index (χ1) is 12.4. The van der Waals surface area contributed by atoms with Gasteiger partial charge in [0.1, 0.15) is 5.65 Å². The maximum atomic E-state index is 13.5. The second-order valence-corrected chi connectivity index (χ2v) is 7.38. The van der Waals surface area contributed by atoms with Crippen molar-refractivity contribution in [3.63, 3.8) is 0 Å². The first kappa shape index (κ1) is 17.3. The number of thiophene rings is 1. The maximum absolute atomic E-state index is 13.5. The number of halogens is 3. The Bertz CT molecular complexity index is 968. The zero-order valence-electron chi connectivity index (χ0n) is 13.8. The van der Waals surface area contributed by atoms with Gasteiger partial charge in [0.2, 0.25) is 0 Å². The van der Waals surface area contributed by atoms with E-state index in [-0.39, 0.29) is 11.2 Å². The van der Waals surface area contributed by atoms with E-state index in [1.54, 1.807) is 17.5 Å². The van der Waals surface area contributed by atoms with Crippen LogP contribution in [0.3, 0.4) is 0 Å². The van der Waals surface area contributed by atoms with Gasteiger partial charge in [0.15, 0.2) is 5.69 Å². The van der Waals surface area contributed by atoms with E-state index in [1.165, 1.54) is 23.8 Å². The van der Waals surface area contributed by atoms with Gasteiger partial charge in [-0.3, -0.25) is 9.69 Å². The average Bonchev–Trinajstić information content (AvgIpc) is 3.22. The summed E-state index contributed by atoms with van der Waals surface area (Å²) in [7, 11) is 0. The van der Waals surface area contributed by atoms with Crippen LogP contribution in [0.25, 0.3) is 16.1 Å². The van der Waals surface area contributed by atoms with Gasteiger partial charge in [0.25, 0.3) is 5.56 Å². The van der Waals surface area contributed by atoms with Crippen LogP contribution in [-0.4, -0.2) is 32.6 Å². The molecule has 0 bridgehead atoms. The number of piperidine rings is 1. The van der Waals surface area contributed by atoms with Gasteiger partial charge in [-0.2, -0.15) is 22.8 Å². The molecule has 1 aliphatic heterocycles. The Morgan fingerprint density at radius 1 is 1.23 bits per heavy atom. The minimum atomic E-state index is -4.64. The van der Waals surface area contributed by atoms with Crippen LogP contribution in [0.5, 0.6) is 0 Å². The molecule has 138 valence electrons. The van der Waals surface area contributed by atoms with E-state index in [4.69, 9.17) is 0 Å². The van der Waals surface area contributed by atoms with Crippen molar-refractivity contribution >= 4 is 17.0 Å². The molecule has 0 aliphatic carbocycles. The highest BCUT2D eigenvalue weighted by molar-refractivity contribution is 7.13. The number of hydrogen-bond donors (Lipinski definition) is 1. The summed E-state index contributed by atoms with van der Waals surface area (Å²) in [6, 6.07) is 4.62. The second kappa shape index (κ2) is 6.55. The second-order valence-electron chi connectivity index (χ2n) is 6.43. The van der Waals surface area contributed by atoms with E-state index >= 15 is 0 Å². The number of aromatic nitrogens is 3. The molecule has 1 fully saturated rings. The van der Waals surface area contributed by atoms with Gasteiger partial charge in [-0.05, 0) is 37.4 Å². The van der Waals surface area contributed by atoms with Crippen LogP contribution >= 0.6 is 11.3 Å². The zero-order valence-corrected chi connectivity index (χ0v) is 14.7. The Labute approximate surface area is 151 Å². The average molecular weight is 382 g/mol. The smallest absolute Gasteiger partial charge is 0.342 e. The van der Waals surface area contributed by atoms with Crippen LogP contribution in [0.1, 0.15) is 30.7 Å². The Morgan fingerprint density at radius 2 is 2.00 bits per heavy atom. The Hall–Kier alpha value is -2.13. The summed E-state index contributed by atoms with van der Waals surface area (Å²) in [5, 5.41) is 5.27. The number of hydrogen-bond acceptors (Lipinski definition) is 4. The molecular weight excluding hydrogens is 365 g/mol. The number of nitrogens with zero attached hydrogens (tertiary/aromatic N) is 3. The Morgan fingerprint density at radius 3 is 2.65 bits per heavy atom. The lowest BCUT2D eigenvalue weighted by Crippen LogP contribution is -2.30. The van der Waals surface area contributed by atoms with Crippen molar-refractivity contribution in [1.82, 2.24) is 19.5 Å². The van der Waals surface area contributed by atoms with Crippen molar-refractivity contribution in [2.75, 3.05) is 13.1 Å². The van der Waals surface area contributed by atoms with E-state index in [0.717, 1.165) is 30.4 Å². The predicted octanol–water partition coefficient (Wildman–Crippen LogP) is 3.76. The molecule has 0 unspecified atom stereocenters. The van der Waals surface area contributed by atoms with Crippen molar-refractivity contribution in [3.05, 3.63) is 45.3 Å². The van der Waals surface area contributed by atoms with Gasteiger partial charge in [-0.25, -0.2) is 0 Å². The summed E-state index contributed by atoms with van der Waals surface area (Å²) < 4.78 is 41.3. The van der Waals surface area contributed by atoms with Crippen LogP contribution in [0, 0.1) is 0 Å². The lowest BCUT2D eigenvalue weighted by molar-refractivity contribution is -0.140. The largest absolute Gasteiger partial charge is 0.435 e. The van der Waals surface area contributed by atoms with Gasteiger partial charge in [0.05, 0.1) is 5.56 Å². The third kappa shape index (κ3) is 3.16. The number of nitrogens with one attached hydrogen (secondary N) is 1. The van der Waals surface area contributed by atoms with E-state index in [0.29, 0.717) is 17.1 Å². The number of rotatable bonds is 3. The van der Waals surface area contributed by atoms with Crippen molar-refractivity contribution < 1.29 is 13.2 Å². The van der Waals surface area contributed by atoms with Crippen molar-refractivity contribution in [2.45, 2.75) is 32.0 Å². The van der Waals surface area contributed by atoms with Crippen LogP contribution in [0.15, 0.2) is 28.4 Å². The first-order valence-corrected chi connectivity index (χ1v) is 9.30. The zero-order chi connectivity index (χ0) is 18.3. The van der Waals surface area contributed by atoms with E-state index in [1.807, 2.05) is 0 Å². The third-order valence-electron chi connectivity index (χ3n) is 4.55. The number of fused-ring (bicyclic) bond motifs is 1. The number of likely N-dealkylation sites (tertiary alicyclic amines) is 1. The molecule has 1 N–H and O–H groups in total. The first-order valence-electron chi connectivity index (χ1n) is 8.42. The topological polar surface area (TPSA) is 53.4 Å². The van der Waals surface area contributed by atoms with Crippen molar-refractivity contribution in [3.8, 4) is 10.4 Å². The minimum Gasteiger partial charge on any atom is -0.342 e. The van der Waals surface area contributed by atoms with Gasteiger partial charge in [-0.15, -0.1) is 11.3 Å². The molecule has 0 aromatic carbocycles. The molecule has 0 radical (unpaired) electrons. The van der Waals surface area contributed by atoms with E-state index in [9.17, 15) is 18.0 Å². The minimum absolute atomic E-state index is 0.0647. The third-order valence-corrected chi connectivity index (χ3v) is 5.44. The molecule has 1 saturated heterocycles. The number of H-pyrrole nitrogens is 1. The molecule has 26 heavy (non-hydrogen) atoms. The molecule has 0 saturated carbocycles. The quantitative estimate of drug-likeness (QED) is 0.751. The van der Waals surface area contributed by atoms with Crippen molar-refractivity contribution in [2.24, 2.45) is 0 Å². The van der Waals surface area contributed by atoms with Crippen LogP contribution in [0.2, 0.25) is 0 Å². The van der Waals surface area contributed by atoms with Crippen LogP contribution in [-0.2, 0) is 12.7 Å². The Kier molecular flexibility index (Phi) is 4.36. The molecule has 1 aliphatic rings. The van der Waals surface area contributed by atoms with Gasteiger partial charge >= 0.3 is 6.18 Å². The van der Waals surface area contributed by atoms with Gasteiger partial charge in [-0.1, -0.05) is 12.5 Å². The lowest BCUT2D eigenvalue weighted by Gasteiger charge is -2.26. The number of aromatic amines is 1. The fourth-order valence-corrected chi connectivity index (χ4v) is 4.16. The highest BCUT2D eigenvalue weighted by Crippen LogP contribution is 2.39. The monoisotopic (exact) mass is 382 g/mol. The van der Waals surface area contributed by atoms with Crippen molar-refractivity contribution in [1.29, 1.82) is 0 Å². The highest BCUT2D eigenvalue weighted by atomic mass is 32.1. The summed E-state index contributed by atoms with van der Waals surface area (Å²) in [6.07, 6.45) is -1.26. The van der Waals surface area contributed by atoms with Gasteiger partial charge < -0.3 is 4.98 Å². The normalized spacial score (nSPS) is 16.4. The molecule has 4 rings (SSSR count). The molecule has 0 amide bonds. The molecule has 5 nitrogen and oxygen atoms in total. The fourth-order valence-electron chi connectivity index (χ4n) is 3.39. The highest BCUT2D eigenvalue weighted by Gasteiger charge is 2.39. The summed E-state index contributed by atoms with van der Waals surface area (Å²) in [4.78, 5) is 18.1. The summed E-state index contributed by atoms with van der Waals surface area (Å²) >= 11 is 1.19. The molecule has 4 heterocycles. The van der Waals surface area contributed by atoms with E-state index in [2.05, 4.69) is 15.0 Å². The summed E-state index contributed by atoms with van der Waals surface area (Å²) in [6.45, 7) is 2.37. The molecule has 9 heteroatoms. The molecule has 0 atom stereocenters. The fraction of sp³-hybridized carbons (Fsp3) is 0.412. The predicted molar refractivity (Wildman–Crippen MR) is 93.3 cm³/mol. The molecule has 3 aromatic rings. The standard InChI is InChI=1S/C17H17F3N4OS/c18-17(19,20)15-14(12-5-4-8-26-12)16-21-11(9-13(25)24(16)22-15)10-23-6-2-1-3-7-23/h4-5,8-9,21H,1-3,6-7,10H2. The maximum Gasteiger partial charge on any atom is 0.435 e. The van der Waals surface area contributed by atoms with Crippen LogP contribution < -0.4 is 5.56 Å². The summed E-state index contributed by atoms with van der Waals surface area (Å²) in [5.41, 5.74) is -0.956. The number of alkyl halides is 3. The lowest BCUT2D eigenvalue weighted by atomic mass is 10.1.